The molecule has 5 aromatic rings. The average molecular weight is 547 g/mol. The van der Waals surface area contributed by atoms with Crippen LogP contribution in [0, 0.1) is 0 Å². The fourth-order valence-electron chi connectivity index (χ4n) is 4.27. The highest BCUT2D eigenvalue weighted by Gasteiger charge is 2.24. The number of ether oxygens (including phenoxy) is 2. The molecular formula is C30H24Cl2N2O4. The fourth-order valence-corrected chi connectivity index (χ4v) is 4.85. The number of aromatic nitrogens is 2. The van der Waals surface area contributed by atoms with Gasteiger partial charge in [0, 0.05) is 23.2 Å². The second-order valence-corrected chi connectivity index (χ2v) is 9.88. The maximum Gasteiger partial charge on any atom is 0.356 e. The minimum Gasteiger partial charge on any atom is -0.489 e. The van der Waals surface area contributed by atoms with Crippen LogP contribution in [0.25, 0.3) is 33.2 Å². The molecule has 6 nitrogen and oxygen atoms in total. The number of nitrogens with zero attached hydrogens (tertiary/aromatic N) is 2. The number of fused-ring (bicyclic) bond motifs is 1. The standard InChI is InChI=1S/C30H24Cl2N2O4/c1-17(2)29-23(28(34-38-29)27-24(31)5-4-6-25(27)32)16-37-22-11-9-18-13-19(7-8-20(18)14-22)21-10-12-26(33-15-21)30(35)36-3/h4-15,17H,16H2,1-3H3. The third-order valence-electron chi connectivity index (χ3n) is 6.23. The molecule has 0 radical (unpaired) electrons. The smallest absolute Gasteiger partial charge is 0.356 e. The number of halogens is 2. The van der Waals surface area contributed by atoms with Gasteiger partial charge >= 0.3 is 5.97 Å². The van der Waals surface area contributed by atoms with E-state index in [1.54, 1.807) is 30.5 Å². The molecule has 0 aliphatic carbocycles. The first-order valence-electron chi connectivity index (χ1n) is 12.0. The zero-order valence-electron chi connectivity index (χ0n) is 21.0. The molecular weight excluding hydrogens is 523 g/mol. The Morgan fingerprint density at radius 2 is 1.66 bits per heavy atom. The maximum absolute atomic E-state index is 11.7. The quantitative estimate of drug-likeness (QED) is 0.191. The third-order valence-corrected chi connectivity index (χ3v) is 6.86. The summed E-state index contributed by atoms with van der Waals surface area (Å²) in [4.78, 5) is 15.9. The Hall–Kier alpha value is -3.87. The van der Waals surface area contributed by atoms with Gasteiger partial charge < -0.3 is 14.0 Å². The average Bonchev–Trinajstić information content (AvgIpc) is 3.35. The molecule has 0 bridgehead atoms. The van der Waals surface area contributed by atoms with E-state index in [4.69, 9.17) is 37.2 Å². The van der Waals surface area contributed by atoms with Gasteiger partial charge in [-0.15, -0.1) is 0 Å². The van der Waals surface area contributed by atoms with Crippen molar-refractivity contribution in [2.24, 2.45) is 0 Å². The van der Waals surface area contributed by atoms with Crippen LogP contribution in [0.5, 0.6) is 5.75 Å². The highest BCUT2D eigenvalue weighted by molar-refractivity contribution is 6.39. The zero-order chi connectivity index (χ0) is 26.8. The summed E-state index contributed by atoms with van der Waals surface area (Å²) in [6.45, 7) is 4.32. The Bertz CT molecular complexity index is 1610. The summed E-state index contributed by atoms with van der Waals surface area (Å²) >= 11 is 12.9. The lowest BCUT2D eigenvalue weighted by Crippen LogP contribution is -2.03. The van der Waals surface area contributed by atoms with Crippen molar-refractivity contribution in [3.63, 3.8) is 0 Å². The van der Waals surface area contributed by atoms with E-state index >= 15 is 0 Å². The molecule has 0 amide bonds. The number of pyridine rings is 1. The van der Waals surface area contributed by atoms with Crippen LogP contribution < -0.4 is 4.74 Å². The van der Waals surface area contributed by atoms with Gasteiger partial charge in [0.1, 0.15) is 29.5 Å². The maximum atomic E-state index is 11.7. The van der Waals surface area contributed by atoms with Crippen LogP contribution in [0.15, 0.2) is 77.4 Å². The first kappa shape index (κ1) is 25.8. The van der Waals surface area contributed by atoms with Crippen molar-refractivity contribution in [3.8, 4) is 28.1 Å². The van der Waals surface area contributed by atoms with Gasteiger partial charge in [-0.1, -0.05) is 72.5 Å². The van der Waals surface area contributed by atoms with Gasteiger partial charge in [-0.3, -0.25) is 0 Å². The minimum absolute atomic E-state index is 0.0994. The van der Waals surface area contributed by atoms with Crippen LogP contribution in [-0.2, 0) is 11.3 Å². The van der Waals surface area contributed by atoms with Gasteiger partial charge in [0.25, 0.3) is 0 Å². The van der Waals surface area contributed by atoms with E-state index in [1.165, 1.54) is 7.11 Å². The number of esters is 1. The molecule has 38 heavy (non-hydrogen) atoms. The summed E-state index contributed by atoms with van der Waals surface area (Å²) in [7, 11) is 1.34. The predicted octanol–water partition coefficient (Wildman–Crippen LogP) is 8.35. The fraction of sp³-hybridized carbons (Fsp3) is 0.167. The van der Waals surface area contributed by atoms with Crippen LogP contribution >= 0.6 is 23.2 Å². The lowest BCUT2D eigenvalue weighted by Gasteiger charge is -2.11. The molecule has 0 saturated heterocycles. The number of carbonyl (C=O) groups excluding carboxylic acids is 1. The van der Waals surface area contributed by atoms with Gasteiger partial charge in [0.2, 0.25) is 0 Å². The molecule has 0 unspecified atom stereocenters. The molecule has 0 N–H and O–H groups in total. The molecule has 0 saturated carbocycles. The van der Waals surface area contributed by atoms with E-state index in [2.05, 4.69) is 16.2 Å². The Kier molecular flexibility index (Phi) is 7.36. The van der Waals surface area contributed by atoms with Crippen LogP contribution in [-0.4, -0.2) is 23.2 Å². The van der Waals surface area contributed by atoms with E-state index in [0.29, 0.717) is 27.1 Å². The number of rotatable bonds is 7. The molecule has 2 aromatic heterocycles. The van der Waals surface area contributed by atoms with E-state index in [9.17, 15) is 4.79 Å². The van der Waals surface area contributed by atoms with Crippen molar-refractivity contribution in [2.45, 2.75) is 26.4 Å². The second kappa shape index (κ2) is 10.9. The van der Waals surface area contributed by atoms with E-state index in [0.717, 1.165) is 33.2 Å². The van der Waals surface area contributed by atoms with Gasteiger partial charge in [-0.2, -0.15) is 0 Å². The minimum atomic E-state index is -0.462. The van der Waals surface area contributed by atoms with Crippen molar-refractivity contribution < 1.29 is 18.8 Å². The van der Waals surface area contributed by atoms with Crippen LogP contribution in [0.4, 0.5) is 0 Å². The van der Waals surface area contributed by atoms with Crippen molar-refractivity contribution >= 4 is 39.9 Å². The van der Waals surface area contributed by atoms with Crippen molar-refractivity contribution in [2.75, 3.05) is 7.11 Å². The van der Waals surface area contributed by atoms with Gasteiger partial charge in [-0.05, 0) is 52.7 Å². The number of benzene rings is 3. The second-order valence-electron chi connectivity index (χ2n) is 9.06. The molecule has 0 fully saturated rings. The van der Waals surface area contributed by atoms with E-state index in [-0.39, 0.29) is 18.2 Å². The van der Waals surface area contributed by atoms with E-state index in [1.807, 2.05) is 50.2 Å². The van der Waals surface area contributed by atoms with Gasteiger partial charge in [0.05, 0.1) is 22.7 Å². The topological polar surface area (TPSA) is 74.5 Å². The monoisotopic (exact) mass is 546 g/mol. The summed E-state index contributed by atoms with van der Waals surface area (Å²) in [6.07, 6.45) is 1.67. The Balaban J connectivity index is 1.40. The molecule has 192 valence electrons. The highest BCUT2D eigenvalue weighted by atomic mass is 35.5. The number of hydrogen-bond donors (Lipinski definition) is 0. The molecule has 3 aromatic carbocycles. The first-order chi connectivity index (χ1) is 18.4. The van der Waals surface area contributed by atoms with Crippen molar-refractivity contribution in [1.82, 2.24) is 10.1 Å². The summed E-state index contributed by atoms with van der Waals surface area (Å²) in [6, 6.07) is 20.9. The summed E-state index contributed by atoms with van der Waals surface area (Å²) in [5, 5.41) is 7.36. The highest BCUT2D eigenvalue weighted by Crippen LogP contribution is 2.39. The first-order valence-corrected chi connectivity index (χ1v) is 12.8. The zero-order valence-corrected chi connectivity index (χ0v) is 22.5. The van der Waals surface area contributed by atoms with Crippen LogP contribution in [0.2, 0.25) is 10.0 Å². The SMILES string of the molecule is COC(=O)c1ccc(-c2ccc3cc(OCc4c(-c5c(Cl)cccc5Cl)noc4C(C)C)ccc3c2)cn1. The molecule has 5 rings (SSSR count). The summed E-state index contributed by atoms with van der Waals surface area (Å²) in [5.41, 5.74) is 4.19. The summed E-state index contributed by atoms with van der Waals surface area (Å²) in [5.74, 6) is 1.08. The Labute approximate surface area is 230 Å². The summed E-state index contributed by atoms with van der Waals surface area (Å²) < 4.78 is 16.6. The molecule has 8 heteroatoms. The Morgan fingerprint density at radius 3 is 2.34 bits per heavy atom. The lowest BCUT2D eigenvalue weighted by molar-refractivity contribution is 0.0594. The lowest BCUT2D eigenvalue weighted by atomic mass is 10.0. The Morgan fingerprint density at radius 1 is 0.947 bits per heavy atom. The number of carbonyl (C=O) groups is 1. The predicted molar refractivity (Wildman–Crippen MR) is 149 cm³/mol. The van der Waals surface area contributed by atoms with Crippen LogP contribution in [0.3, 0.4) is 0 Å². The number of methoxy groups -OCH3 is 1. The van der Waals surface area contributed by atoms with Crippen LogP contribution in [0.1, 0.15) is 41.6 Å². The largest absolute Gasteiger partial charge is 0.489 e. The molecule has 0 aliphatic rings. The molecule has 0 atom stereocenters. The number of hydrogen-bond acceptors (Lipinski definition) is 6. The van der Waals surface area contributed by atoms with Gasteiger partial charge in [0.15, 0.2) is 0 Å². The van der Waals surface area contributed by atoms with E-state index < -0.39 is 5.97 Å². The molecule has 0 spiro atoms. The third kappa shape index (κ3) is 5.10. The van der Waals surface area contributed by atoms with Crippen molar-refractivity contribution in [1.29, 1.82) is 0 Å². The normalized spacial score (nSPS) is 11.2. The van der Waals surface area contributed by atoms with Gasteiger partial charge in [-0.25, -0.2) is 9.78 Å². The molecule has 0 aliphatic heterocycles. The molecule has 2 heterocycles. The van der Waals surface area contributed by atoms with Crippen molar-refractivity contribution in [3.05, 3.63) is 100.0 Å².